The van der Waals surface area contributed by atoms with E-state index in [-0.39, 0.29) is 0 Å². The van der Waals surface area contributed by atoms with Crippen LogP contribution in [0.5, 0.6) is 0 Å². The molecule has 2 unspecified atom stereocenters. The summed E-state index contributed by atoms with van der Waals surface area (Å²) in [7, 11) is 0. The maximum Gasteiger partial charge on any atom is -0.0234 e. The second kappa shape index (κ2) is 7.70. The van der Waals surface area contributed by atoms with E-state index >= 15 is 0 Å². The molecule has 0 aromatic rings. The lowest BCUT2D eigenvalue weighted by Gasteiger charge is -2.15. The fourth-order valence-corrected chi connectivity index (χ4v) is 2.41. The van der Waals surface area contributed by atoms with Gasteiger partial charge in [0, 0.05) is 0 Å². The Morgan fingerprint density at radius 1 is 1.19 bits per heavy atom. The first kappa shape index (κ1) is 13.5. The van der Waals surface area contributed by atoms with Crippen molar-refractivity contribution in [3.8, 4) is 0 Å². The summed E-state index contributed by atoms with van der Waals surface area (Å²) in [6, 6.07) is 0. The SMILES string of the molecule is CC1=CCCCC1C.CCC1C=CCCC1. The van der Waals surface area contributed by atoms with Crippen molar-refractivity contribution in [1.29, 1.82) is 0 Å². The van der Waals surface area contributed by atoms with Gasteiger partial charge in [-0.1, -0.05) is 37.6 Å². The van der Waals surface area contributed by atoms with Gasteiger partial charge < -0.3 is 0 Å². The van der Waals surface area contributed by atoms with E-state index in [9.17, 15) is 0 Å². The molecule has 0 spiro atoms. The van der Waals surface area contributed by atoms with Crippen LogP contribution in [-0.4, -0.2) is 0 Å². The molecule has 2 rings (SSSR count). The van der Waals surface area contributed by atoms with Crippen molar-refractivity contribution in [2.75, 3.05) is 0 Å². The Morgan fingerprint density at radius 2 is 1.94 bits per heavy atom. The van der Waals surface area contributed by atoms with Crippen molar-refractivity contribution in [3.05, 3.63) is 23.8 Å². The molecule has 0 N–H and O–H groups in total. The lowest BCUT2D eigenvalue weighted by molar-refractivity contribution is 0.527. The topological polar surface area (TPSA) is 0 Å². The molecular formula is C16H28. The monoisotopic (exact) mass is 220 g/mol. The summed E-state index contributed by atoms with van der Waals surface area (Å²) in [5, 5.41) is 0. The molecule has 0 heterocycles. The van der Waals surface area contributed by atoms with Crippen molar-refractivity contribution in [1.82, 2.24) is 0 Å². The Balaban J connectivity index is 0.000000160. The van der Waals surface area contributed by atoms with Crippen molar-refractivity contribution < 1.29 is 0 Å². The van der Waals surface area contributed by atoms with Crippen molar-refractivity contribution in [3.63, 3.8) is 0 Å². The molecule has 0 saturated heterocycles. The predicted molar refractivity (Wildman–Crippen MR) is 73.5 cm³/mol. The second-order valence-electron chi connectivity index (χ2n) is 5.31. The summed E-state index contributed by atoms with van der Waals surface area (Å²) in [5.74, 6) is 1.77. The highest BCUT2D eigenvalue weighted by Crippen LogP contribution is 2.22. The average molecular weight is 220 g/mol. The first-order chi connectivity index (χ1) is 7.74. The van der Waals surface area contributed by atoms with Crippen molar-refractivity contribution >= 4 is 0 Å². The third-order valence-corrected chi connectivity index (χ3v) is 3.96. The summed E-state index contributed by atoms with van der Waals surface area (Å²) in [4.78, 5) is 0. The second-order valence-corrected chi connectivity index (χ2v) is 5.31. The largest absolute Gasteiger partial charge is 0.0883 e. The van der Waals surface area contributed by atoms with Gasteiger partial charge >= 0.3 is 0 Å². The summed E-state index contributed by atoms with van der Waals surface area (Å²) in [6.07, 6.45) is 16.7. The van der Waals surface area contributed by atoms with Gasteiger partial charge in [-0.2, -0.15) is 0 Å². The van der Waals surface area contributed by atoms with Crippen molar-refractivity contribution in [2.24, 2.45) is 11.8 Å². The molecule has 0 amide bonds. The van der Waals surface area contributed by atoms with Crippen LogP contribution in [0.15, 0.2) is 23.8 Å². The lowest BCUT2D eigenvalue weighted by atomic mass is 9.91. The average Bonchev–Trinajstić information content (AvgIpc) is 2.35. The van der Waals surface area contributed by atoms with Crippen LogP contribution < -0.4 is 0 Å². The first-order valence-electron chi connectivity index (χ1n) is 7.07. The molecule has 0 aromatic heterocycles. The Kier molecular flexibility index (Phi) is 6.52. The van der Waals surface area contributed by atoms with Gasteiger partial charge in [0.15, 0.2) is 0 Å². The highest BCUT2D eigenvalue weighted by molar-refractivity contribution is 5.04. The predicted octanol–water partition coefficient (Wildman–Crippen LogP) is 5.51. The van der Waals surface area contributed by atoms with Crippen LogP contribution in [0.2, 0.25) is 0 Å². The zero-order chi connectivity index (χ0) is 11.8. The molecule has 0 aliphatic heterocycles. The minimum Gasteiger partial charge on any atom is -0.0883 e. The molecule has 2 aliphatic carbocycles. The van der Waals surface area contributed by atoms with E-state index < -0.39 is 0 Å². The minimum atomic E-state index is 0.865. The molecule has 0 aromatic carbocycles. The van der Waals surface area contributed by atoms with Crippen LogP contribution in [-0.2, 0) is 0 Å². The maximum atomic E-state index is 2.37. The van der Waals surface area contributed by atoms with E-state index in [1.54, 1.807) is 5.57 Å². The van der Waals surface area contributed by atoms with Gasteiger partial charge in [0.05, 0.1) is 0 Å². The van der Waals surface area contributed by atoms with E-state index in [0.717, 1.165) is 11.8 Å². The molecule has 92 valence electrons. The molecule has 2 atom stereocenters. The highest BCUT2D eigenvalue weighted by Gasteiger charge is 2.06. The number of hydrogen-bond acceptors (Lipinski definition) is 0. The standard InChI is InChI=1S/2C8H14/c1-7-5-3-4-6-8(7)2;1-2-8-6-4-3-5-7-8/h5,8H,3-4,6H2,1-2H3;4,6,8H,2-3,5,7H2,1H3. The Bertz CT molecular complexity index is 234. The number of allylic oxidation sites excluding steroid dienone is 4. The van der Waals surface area contributed by atoms with E-state index in [1.807, 2.05) is 0 Å². The summed E-state index contributed by atoms with van der Waals surface area (Å²) in [5.41, 5.74) is 1.59. The molecular weight excluding hydrogens is 192 g/mol. The minimum absolute atomic E-state index is 0.865. The summed E-state index contributed by atoms with van der Waals surface area (Å²) in [6.45, 7) is 6.81. The van der Waals surface area contributed by atoms with E-state index in [0.29, 0.717) is 0 Å². The quantitative estimate of drug-likeness (QED) is 0.511. The number of hydrogen-bond donors (Lipinski definition) is 0. The zero-order valence-corrected chi connectivity index (χ0v) is 11.3. The maximum absolute atomic E-state index is 2.37. The fraction of sp³-hybridized carbons (Fsp3) is 0.750. The summed E-state index contributed by atoms with van der Waals surface area (Å²) < 4.78 is 0. The van der Waals surface area contributed by atoms with Gasteiger partial charge in [-0.3, -0.25) is 0 Å². The van der Waals surface area contributed by atoms with Gasteiger partial charge in [-0.25, -0.2) is 0 Å². The number of rotatable bonds is 1. The molecule has 2 aliphatic rings. The van der Waals surface area contributed by atoms with Crippen LogP contribution in [0.3, 0.4) is 0 Å². The van der Waals surface area contributed by atoms with Gasteiger partial charge in [0.1, 0.15) is 0 Å². The fourth-order valence-electron chi connectivity index (χ4n) is 2.41. The molecule has 0 nitrogen and oxygen atoms in total. The lowest BCUT2D eigenvalue weighted by Crippen LogP contribution is -2.00. The van der Waals surface area contributed by atoms with Gasteiger partial charge in [-0.15, -0.1) is 0 Å². The van der Waals surface area contributed by atoms with Crippen LogP contribution in [0.4, 0.5) is 0 Å². The van der Waals surface area contributed by atoms with Crippen LogP contribution >= 0.6 is 0 Å². The molecule has 0 radical (unpaired) electrons. The molecule has 0 saturated carbocycles. The van der Waals surface area contributed by atoms with Gasteiger partial charge in [-0.05, 0) is 63.7 Å². The Morgan fingerprint density at radius 3 is 2.31 bits per heavy atom. The van der Waals surface area contributed by atoms with Crippen molar-refractivity contribution in [2.45, 2.75) is 65.7 Å². The first-order valence-corrected chi connectivity index (χ1v) is 7.07. The van der Waals surface area contributed by atoms with E-state index in [2.05, 4.69) is 39.0 Å². The summed E-state index contributed by atoms with van der Waals surface area (Å²) >= 11 is 0. The van der Waals surface area contributed by atoms with Crippen LogP contribution in [0.25, 0.3) is 0 Å². The Labute approximate surface area is 102 Å². The molecule has 16 heavy (non-hydrogen) atoms. The smallest absolute Gasteiger partial charge is 0.0234 e. The third-order valence-electron chi connectivity index (χ3n) is 3.96. The third kappa shape index (κ3) is 5.01. The van der Waals surface area contributed by atoms with E-state index in [1.165, 1.54) is 44.9 Å². The normalized spacial score (nSPS) is 29.1. The van der Waals surface area contributed by atoms with Gasteiger partial charge in [0.2, 0.25) is 0 Å². The molecule has 0 heteroatoms. The molecule has 0 fully saturated rings. The highest BCUT2D eigenvalue weighted by atomic mass is 14.1. The zero-order valence-electron chi connectivity index (χ0n) is 11.3. The van der Waals surface area contributed by atoms with E-state index in [4.69, 9.17) is 0 Å². The molecule has 0 bridgehead atoms. The van der Waals surface area contributed by atoms with Gasteiger partial charge in [0.25, 0.3) is 0 Å². The Hall–Kier alpha value is -0.520. The van der Waals surface area contributed by atoms with Crippen LogP contribution in [0.1, 0.15) is 65.7 Å². The van der Waals surface area contributed by atoms with Crippen LogP contribution in [0, 0.1) is 11.8 Å².